The van der Waals surface area contributed by atoms with Gasteiger partial charge in [0, 0.05) is 38.4 Å². The van der Waals surface area contributed by atoms with E-state index in [2.05, 4.69) is 23.7 Å². The maximum absolute atomic E-state index is 13.6. The molecule has 7 heteroatoms. The molecule has 0 aliphatic heterocycles. The average molecular weight is 415 g/mol. The number of carbonyl (C=O) groups is 1. The lowest BCUT2D eigenvalue weighted by Crippen LogP contribution is -2.38. The van der Waals surface area contributed by atoms with Crippen LogP contribution in [0.1, 0.15) is 24.2 Å². The predicted molar refractivity (Wildman–Crippen MR) is 120 cm³/mol. The summed E-state index contributed by atoms with van der Waals surface area (Å²) in [6, 6.07) is 12.1. The summed E-state index contributed by atoms with van der Waals surface area (Å²) >= 11 is 1.34. The van der Waals surface area contributed by atoms with E-state index in [0.717, 1.165) is 30.0 Å². The van der Waals surface area contributed by atoms with Crippen LogP contribution in [0.4, 0.5) is 15.2 Å². The first-order chi connectivity index (χ1) is 13.9. The molecule has 5 nitrogen and oxygen atoms in total. The molecule has 0 radical (unpaired) electrons. The molecule has 0 saturated heterocycles. The topological polar surface area (TPSA) is 39.7 Å². The Morgan fingerprint density at radius 3 is 2.34 bits per heavy atom. The maximum atomic E-state index is 13.6. The monoisotopic (exact) mass is 414 g/mol. The third-order valence-corrected chi connectivity index (χ3v) is 6.02. The summed E-state index contributed by atoms with van der Waals surface area (Å²) in [4.78, 5) is 23.9. The van der Waals surface area contributed by atoms with Gasteiger partial charge in [-0.25, -0.2) is 9.37 Å². The molecule has 1 heterocycles. The summed E-state index contributed by atoms with van der Waals surface area (Å²) in [5.41, 5.74) is 2.35. The van der Waals surface area contributed by atoms with E-state index in [0.29, 0.717) is 22.8 Å². The third kappa shape index (κ3) is 4.92. The van der Waals surface area contributed by atoms with Crippen LogP contribution in [0, 0.1) is 5.82 Å². The van der Waals surface area contributed by atoms with Gasteiger partial charge in [0.15, 0.2) is 5.13 Å². The van der Waals surface area contributed by atoms with E-state index in [1.165, 1.54) is 23.5 Å². The number of hydrogen-bond donors (Lipinski definition) is 0. The van der Waals surface area contributed by atoms with Crippen LogP contribution < -0.4 is 9.80 Å². The standard InChI is InChI=1S/C22H27FN4OS/c1-5-26(6-2)13-14-27(21(28)16-7-10-18(11-8-16)25(3)4)22-24-19-12-9-17(23)15-20(19)29-22/h7-12,15H,5-6,13-14H2,1-4H3. The number of carbonyl (C=O) groups excluding carboxylic acids is 1. The molecule has 0 atom stereocenters. The summed E-state index contributed by atoms with van der Waals surface area (Å²) in [5.74, 6) is -0.394. The number of likely N-dealkylation sites (N-methyl/N-ethyl adjacent to an activating group) is 1. The average Bonchev–Trinajstić information content (AvgIpc) is 3.13. The van der Waals surface area contributed by atoms with Crippen LogP contribution in [-0.4, -0.2) is 56.1 Å². The lowest BCUT2D eigenvalue weighted by molar-refractivity contribution is 0.0984. The van der Waals surface area contributed by atoms with E-state index in [9.17, 15) is 9.18 Å². The van der Waals surface area contributed by atoms with Gasteiger partial charge >= 0.3 is 0 Å². The van der Waals surface area contributed by atoms with E-state index in [4.69, 9.17) is 0 Å². The molecule has 0 N–H and O–H groups in total. The Bertz CT molecular complexity index is 967. The van der Waals surface area contributed by atoms with Gasteiger partial charge in [-0.1, -0.05) is 25.2 Å². The number of hydrogen-bond acceptors (Lipinski definition) is 5. The fraction of sp³-hybridized carbons (Fsp3) is 0.364. The lowest BCUT2D eigenvalue weighted by atomic mass is 10.1. The molecule has 0 spiro atoms. The van der Waals surface area contributed by atoms with Crippen LogP contribution in [0.15, 0.2) is 42.5 Å². The molecule has 0 unspecified atom stereocenters. The van der Waals surface area contributed by atoms with Crippen LogP contribution in [0.3, 0.4) is 0 Å². The van der Waals surface area contributed by atoms with Crippen molar-refractivity contribution < 1.29 is 9.18 Å². The summed E-state index contributed by atoms with van der Waals surface area (Å²) < 4.78 is 14.3. The Morgan fingerprint density at radius 1 is 1.03 bits per heavy atom. The zero-order valence-corrected chi connectivity index (χ0v) is 18.2. The first-order valence-corrected chi connectivity index (χ1v) is 10.6. The largest absolute Gasteiger partial charge is 0.378 e. The van der Waals surface area contributed by atoms with Gasteiger partial charge in [0.05, 0.1) is 10.2 Å². The van der Waals surface area contributed by atoms with Crippen LogP contribution in [0.5, 0.6) is 0 Å². The van der Waals surface area contributed by atoms with Gasteiger partial charge in [0.1, 0.15) is 5.82 Å². The zero-order valence-electron chi connectivity index (χ0n) is 17.4. The second-order valence-corrected chi connectivity index (χ2v) is 8.04. The van der Waals surface area contributed by atoms with Crippen LogP contribution in [0.2, 0.25) is 0 Å². The molecule has 154 valence electrons. The second kappa shape index (κ2) is 9.33. The number of benzene rings is 2. The molecule has 1 amide bonds. The fourth-order valence-electron chi connectivity index (χ4n) is 3.13. The first kappa shape index (κ1) is 21.2. The van der Waals surface area contributed by atoms with Crippen molar-refractivity contribution in [2.45, 2.75) is 13.8 Å². The van der Waals surface area contributed by atoms with Crippen molar-refractivity contribution in [1.82, 2.24) is 9.88 Å². The van der Waals surface area contributed by atoms with Gasteiger partial charge < -0.3 is 9.80 Å². The fourth-order valence-corrected chi connectivity index (χ4v) is 4.14. The molecule has 29 heavy (non-hydrogen) atoms. The van der Waals surface area contributed by atoms with Crippen molar-refractivity contribution in [2.24, 2.45) is 0 Å². The Morgan fingerprint density at radius 2 is 1.72 bits per heavy atom. The van der Waals surface area contributed by atoms with Crippen molar-refractivity contribution in [3.05, 3.63) is 53.8 Å². The Balaban J connectivity index is 1.93. The van der Waals surface area contributed by atoms with E-state index in [1.807, 2.05) is 43.3 Å². The molecule has 0 aliphatic rings. The number of rotatable bonds is 8. The molecule has 0 aliphatic carbocycles. The second-order valence-electron chi connectivity index (χ2n) is 7.03. The van der Waals surface area contributed by atoms with Crippen LogP contribution in [-0.2, 0) is 0 Å². The quantitative estimate of drug-likeness (QED) is 0.544. The van der Waals surface area contributed by atoms with Crippen molar-refractivity contribution in [3.63, 3.8) is 0 Å². The van der Waals surface area contributed by atoms with Crippen molar-refractivity contribution in [2.75, 3.05) is 50.1 Å². The lowest BCUT2D eigenvalue weighted by Gasteiger charge is -2.25. The van der Waals surface area contributed by atoms with Gasteiger partial charge in [0.2, 0.25) is 0 Å². The minimum atomic E-state index is -0.298. The highest BCUT2D eigenvalue weighted by Gasteiger charge is 2.22. The molecule has 3 aromatic rings. The summed E-state index contributed by atoms with van der Waals surface area (Å²) in [5, 5.41) is 0.597. The predicted octanol–water partition coefficient (Wildman–Crippen LogP) is 4.49. The van der Waals surface area contributed by atoms with Crippen molar-refractivity contribution in [3.8, 4) is 0 Å². The number of anilines is 2. The molecule has 1 aromatic heterocycles. The minimum absolute atomic E-state index is 0.0954. The van der Waals surface area contributed by atoms with E-state index >= 15 is 0 Å². The normalized spacial score (nSPS) is 11.2. The van der Waals surface area contributed by atoms with Gasteiger partial charge in [-0.05, 0) is 55.6 Å². The Kier molecular flexibility index (Phi) is 6.82. The molecular formula is C22H27FN4OS. The highest BCUT2D eigenvalue weighted by molar-refractivity contribution is 7.22. The first-order valence-electron chi connectivity index (χ1n) is 9.80. The summed E-state index contributed by atoms with van der Waals surface area (Å²) in [6.07, 6.45) is 0. The van der Waals surface area contributed by atoms with Gasteiger partial charge in [-0.15, -0.1) is 0 Å². The number of fused-ring (bicyclic) bond motifs is 1. The maximum Gasteiger partial charge on any atom is 0.260 e. The van der Waals surface area contributed by atoms with Gasteiger partial charge in [-0.2, -0.15) is 0 Å². The molecular weight excluding hydrogens is 387 g/mol. The number of halogens is 1. The van der Waals surface area contributed by atoms with E-state index in [1.54, 1.807) is 11.0 Å². The highest BCUT2D eigenvalue weighted by atomic mass is 32.1. The van der Waals surface area contributed by atoms with Crippen LogP contribution in [0.25, 0.3) is 10.2 Å². The number of aromatic nitrogens is 1. The Hall–Kier alpha value is -2.51. The summed E-state index contributed by atoms with van der Waals surface area (Å²) in [7, 11) is 3.93. The van der Waals surface area contributed by atoms with Crippen molar-refractivity contribution >= 4 is 38.3 Å². The van der Waals surface area contributed by atoms with Gasteiger partial charge in [0.25, 0.3) is 5.91 Å². The number of amides is 1. The molecule has 3 rings (SSSR count). The molecule has 2 aromatic carbocycles. The summed E-state index contributed by atoms with van der Waals surface area (Å²) in [6.45, 7) is 7.32. The van der Waals surface area contributed by atoms with Crippen molar-refractivity contribution in [1.29, 1.82) is 0 Å². The highest BCUT2D eigenvalue weighted by Crippen LogP contribution is 2.30. The number of thiazole rings is 1. The molecule has 0 saturated carbocycles. The third-order valence-electron chi connectivity index (χ3n) is 4.98. The minimum Gasteiger partial charge on any atom is -0.378 e. The molecule has 0 fully saturated rings. The Labute approximate surface area is 175 Å². The smallest absolute Gasteiger partial charge is 0.260 e. The van der Waals surface area contributed by atoms with E-state index in [-0.39, 0.29) is 11.7 Å². The molecule has 0 bridgehead atoms. The SMILES string of the molecule is CCN(CC)CCN(C(=O)c1ccc(N(C)C)cc1)c1nc2ccc(F)cc2s1. The van der Waals surface area contributed by atoms with Crippen LogP contribution >= 0.6 is 11.3 Å². The van der Waals surface area contributed by atoms with Gasteiger partial charge in [-0.3, -0.25) is 9.69 Å². The number of nitrogens with zero attached hydrogens (tertiary/aromatic N) is 4. The zero-order chi connectivity index (χ0) is 21.0. The van der Waals surface area contributed by atoms with E-state index < -0.39 is 0 Å².